The first-order chi connectivity index (χ1) is 13.9. The van der Waals surface area contributed by atoms with E-state index < -0.39 is 10.0 Å². The van der Waals surface area contributed by atoms with Gasteiger partial charge in [-0.25, -0.2) is 18.1 Å². The fourth-order valence-electron chi connectivity index (χ4n) is 3.09. The van der Waals surface area contributed by atoms with Crippen LogP contribution in [0, 0.1) is 5.92 Å². The van der Waals surface area contributed by atoms with Gasteiger partial charge in [0.2, 0.25) is 10.0 Å². The maximum atomic E-state index is 12.4. The van der Waals surface area contributed by atoms with E-state index in [4.69, 9.17) is 4.74 Å². The predicted molar refractivity (Wildman–Crippen MR) is 117 cm³/mol. The summed E-state index contributed by atoms with van der Waals surface area (Å²) in [6.07, 6.45) is 4.16. The predicted octanol–water partition coefficient (Wildman–Crippen LogP) is 2.64. The van der Waals surface area contributed by atoms with Gasteiger partial charge in [0.25, 0.3) is 0 Å². The molecule has 1 saturated heterocycles. The fraction of sp³-hybridized carbons (Fsp3) is 0.667. The van der Waals surface area contributed by atoms with Crippen molar-refractivity contribution in [3.63, 3.8) is 0 Å². The Morgan fingerprint density at radius 2 is 2.00 bits per heavy atom. The molecule has 7 nitrogen and oxygen atoms in total. The minimum atomic E-state index is -3.52. The van der Waals surface area contributed by atoms with E-state index in [9.17, 15) is 8.42 Å². The summed E-state index contributed by atoms with van der Waals surface area (Å²) in [6.45, 7) is 9.69. The van der Waals surface area contributed by atoms with Gasteiger partial charge in [-0.05, 0) is 56.2 Å². The molecule has 2 rings (SSSR count). The van der Waals surface area contributed by atoms with Gasteiger partial charge in [-0.2, -0.15) is 0 Å². The average Bonchev–Trinajstić information content (AvgIpc) is 3.22. The van der Waals surface area contributed by atoms with Gasteiger partial charge < -0.3 is 15.4 Å². The number of nitrogens with one attached hydrogen (secondary N) is 3. The van der Waals surface area contributed by atoms with Crippen LogP contribution in [0.25, 0.3) is 0 Å². The third-order valence-corrected chi connectivity index (χ3v) is 6.21. The molecule has 1 atom stereocenters. The van der Waals surface area contributed by atoms with Crippen molar-refractivity contribution < 1.29 is 13.2 Å². The molecule has 29 heavy (non-hydrogen) atoms. The number of hydrogen-bond donors (Lipinski definition) is 3. The highest BCUT2D eigenvalue weighted by Gasteiger charge is 2.20. The van der Waals surface area contributed by atoms with E-state index >= 15 is 0 Å². The first-order valence-corrected chi connectivity index (χ1v) is 12.1. The lowest BCUT2D eigenvalue weighted by Gasteiger charge is -2.12. The summed E-state index contributed by atoms with van der Waals surface area (Å²) in [7, 11) is -3.52. The zero-order chi connectivity index (χ0) is 21.1. The third-order valence-electron chi connectivity index (χ3n) is 4.77. The summed E-state index contributed by atoms with van der Waals surface area (Å²) in [6, 6.07) is 6.89. The molecule has 3 N–H and O–H groups in total. The lowest BCUT2D eigenvalue weighted by Crippen LogP contribution is -2.37. The SMILES string of the molecule is CCNC(=NCc1ccc(S(=O)(=O)NCC2CCCO2)cc1)NCCCC(C)C. The van der Waals surface area contributed by atoms with Gasteiger partial charge >= 0.3 is 0 Å². The zero-order valence-electron chi connectivity index (χ0n) is 17.9. The van der Waals surface area contributed by atoms with E-state index in [2.05, 4.69) is 34.2 Å². The number of sulfonamides is 1. The summed E-state index contributed by atoms with van der Waals surface area (Å²) in [4.78, 5) is 4.86. The van der Waals surface area contributed by atoms with Crippen molar-refractivity contribution in [2.75, 3.05) is 26.2 Å². The van der Waals surface area contributed by atoms with Crippen LogP contribution >= 0.6 is 0 Å². The highest BCUT2D eigenvalue weighted by Crippen LogP contribution is 2.14. The molecule has 164 valence electrons. The van der Waals surface area contributed by atoms with Crippen LogP contribution in [-0.2, 0) is 21.3 Å². The number of ether oxygens (including phenoxy) is 1. The number of hydrogen-bond acceptors (Lipinski definition) is 4. The second-order valence-corrected chi connectivity index (χ2v) is 9.56. The molecule has 1 heterocycles. The highest BCUT2D eigenvalue weighted by molar-refractivity contribution is 7.89. The van der Waals surface area contributed by atoms with Crippen LogP contribution in [0.3, 0.4) is 0 Å². The number of benzene rings is 1. The molecule has 1 aromatic rings. The van der Waals surface area contributed by atoms with Crippen molar-refractivity contribution in [3.8, 4) is 0 Å². The summed E-state index contributed by atoms with van der Waals surface area (Å²) >= 11 is 0. The van der Waals surface area contributed by atoms with Gasteiger partial charge in [0.1, 0.15) is 0 Å². The van der Waals surface area contributed by atoms with Crippen molar-refractivity contribution in [2.24, 2.45) is 10.9 Å². The van der Waals surface area contributed by atoms with E-state index in [-0.39, 0.29) is 11.0 Å². The van der Waals surface area contributed by atoms with Gasteiger partial charge in [0.05, 0.1) is 17.5 Å². The molecule has 1 fully saturated rings. The smallest absolute Gasteiger partial charge is 0.240 e. The second kappa shape index (κ2) is 12.1. The van der Waals surface area contributed by atoms with Crippen LogP contribution in [-0.4, -0.2) is 46.7 Å². The Balaban J connectivity index is 1.87. The van der Waals surface area contributed by atoms with Crippen LogP contribution in [0.2, 0.25) is 0 Å². The molecule has 0 bridgehead atoms. The summed E-state index contributed by atoms with van der Waals surface area (Å²) in [5.41, 5.74) is 0.961. The molecule has 1 aliphatic rings. The van der Waals surface area contributed by atoms with Crippen molar-refractivity contribution in [2.45, 2.75) is 64.0 Å². The molecular formula is C21H36N4O3S. The second-order valence-electron chi connectivity index (χ2n) is 7.79. The van der Waals surface area contributed by atoms with E-state index in [1.807, 2.05) is 19.1 Å². The van der Waals surface area contributed by atoms with Gasteiger partial charge in [0.15, 0.2) is 5.96 Å². The third kappa shape index (κ3) is 8.72. The average molecular weight is 425 g/mol. The van der Waals surface area contributed by atoms with E-state index in [1.54, 1.807) is 12.1 Å². The zero-order valence-corrected chi connectivity index (χ0v) is 18.7. The van der Waals surface area contributed by atoms with Gasteiger partial charge in [-0.15, -0.1) is 0 Å². The summed E-state index contributed by atoms with van der Waals surface area (Å²) in [5.74, 6) is 1.48. The Morgan fingerprint density at radius 1 is 1.24 bits per heavy atom. The largest absolute Gasteiger partial charge is 0.377 e. The number of rotatable bonds is 11. The summed E-state index contributed by atoms with van der Waals surface area (Å²) < 4.78 is 33.0. The van der Waals surface area contributed by atoms with E-state index in [0.29, 0.717) is 25.6 Å². The Labute approximate surface area is 175 Å². The molecular weight excluding hydrogens is 388 g/mol. The lowest BCUT2D eigenvalue weighted by molar-refractivity contribution is 0.114. The molecule has 0 saturated carbocycles. The van der Waals surface area contributed by atoms with Crippen molar-refractivity contribution >= 4 is 16.0 Å². The number of nitrogens with zero attached hydrogens (tertiary/aromatic N) is 1. The van der Waals surface area contributed by atoms with Crippen LogP contribution < -0.4 is 15.4 Å². The van der Waals surface area contributed by atoms with Crippen molar-refractivity contribution in [1.82, 2.24) is 15.4 Å². The van der Waals surface area contributed by atoms with E-state index in [0.717, 1.165) is 43.9 Å². The molecule has 1 aromatic carbocycles. The Bertz CT molecular complexity index is 727. The van der Waals surface area contributed by atoms with Crippen molar-refractivity contribution in [1.29, 1.82) is 0 Å². The van der Waals surface area contributed by atoms with E-state index in [1.165, 1.54) is 6.42 Å². The Kier molecular flexibility index (Phi) is 9.90. The molecule has 0 radical (unpaired) electrons. The fourth-order valence-corrected chi connectivity index (χ4v) is 4.16. The highest BCUT2D eigenvalue weighted by atomic mass is 32.2. The molecule has 1 aliphatic heterocycles. The molecule has 8 heteroatoms. The van der Waals surface area contributed by atoms with Crippen LogP contribution in [0.1, 0.15) is 52.0 Å². The van der Waals surface area contributed by atoms with Crippen LogP contribution in [0.5, 0.6) is 0 Å². The molecule has 1 unspecified atom stereocenters. The van der Waals surface area contributed by atoms with Gasteiger partial charge in [-0.1, -0.05) is 26.0 Å². The minimum Gasteiger partial charge on any atom is -0.377 e. The Hall–Kier alpha value is -1.64. The van der Waals surface area contributed by atoms with Crippen LogP contribution in [0.4, 0.5) is 0 Å². The number of aliphatic imine (C=N–C) groups is 1. The van der Waals surface area contributed by atoms with Crippen molar-refractivity contribution in [3.05, 3.63) is 29.8 Å². The van der Waals surface area contributed by atoms with Gasteiger partial charge in [0, 0.05) is 26.2 Å². The Morgan fingerprint density at radius 3 is 2.62 bits per heavy atom. The first kappa shape index (κ1) is 23.6. The topological polar surface area (TPSA) is 91.8 Å². The first-order valence-electron chi connectivity index (χ1n) is 10.6. The summed E-state index contributed by atoms with van der Waals surface area (Å²) in [5, 5.41) is 6.59. The number of guanidine groups is 1. The quantitative estimate of drug-likeness (QED) is 0.289. The lowest BCUT2D eigenvalue weighted by atomic mass is 10.1. The molecule has 0 aromatic heterocycles. The molecule has 0 spiro atoms. The maximum absolute atomic E-state index is 12.4. The standard InChI is InChI=1S/C21H36N4O3S/c1-4-22-21(23-13-5-7-17(2)3)24-15-18-9-11-20(12-10-18)29(26,27)25-16-19-8-6-14-28-19/h9-12,17,19,25H,4-8,13-16H2,1-3H3,(H2,22,23,24). The normalized spacial score (nSPS) is 17.7. The van der Waals surface area contributed by atoms with Crippen LogP contribution in [0.15, 0.2) is 34.2 Å². The monoisotopic (exact) mass is 424 g/mol. The molecule has 0 amide bonds. The maximum Gasteiger partial charge on any atom is 0.240 e. The molecule has 0 aliphatic carbocycles. The minimum absolute atomic E-state index is 0.0177. The van der Waals surface area contributed by atoms with Gasteiger partial charge in [-0.3, -0.25) is 0 Å².